The van der Waals surface area contributed by atoms with Crippen LogP contribution in [0.5, 0.6) is 5.75 Å². The Bertz CT molecular complexity index is 620. The van der Waals surface area contributed by atoms with Gasteiger partial charge in [-0.15, -0.1) is 23.7 Å². The number of methoxy groups -OCH3 is 1. The van der Waals surface area contributed by atoms with E-state index in [1.54, 1.807) is 18.4 Å². The van der Waals surface area contributed by atoms with Gasteiger partial charge in [-0.1, -0.05) is 24.5 Å². The van der Waals surface area contributed by atoms with Gasteiger partial charge in [0, 0.05) is 10.9 Å². The molecule has 1 aromatic heterocycles. The van der Waals surface area contributed by atoms with Crippen molar-refractivity contribution >= 4 is 23.7 Å². The van der Waals surface area contributed by atoms with Gasteiger partial charge >= 0.3 is 0 Å². The second-order valence-corrected chi connectivity index (χ2v) is 6.46. The van der Waals surface area contributed by atoms with E-state index in [-0.39, 0.29) is 17.9 Å². The van der Waals surface area contributed by atoms with E-state index in [1.807, 2.05) is 6.07 Å². The van der Waals surface area contributed by atoms with E-state index in [9.17, 15) is 0 Å². The minimum atomic E-state index is -0.208. The molecule has 1 aliphatic carbocycles. The number of benzene rings is 1. The van der Waals surface area contributed by atoms with E-state index in [4.69, 9.17) is 15.5 Å². The number of halogens is 1. The van der Waals surface area contributed by atoms with Crippen molar-refractivity contribution in [3.8, 4) is 17.0 Å². The maximum atomic E-state index is 6.49. The second kappa shape index (κ2) is 6.34. The van der Waals surface area contributed by atoms with Crippen LogP contribution in [0.1, 0.15) is 36.3 Å². The summed E-state index contributed by atoms with van der Waals surface area (Å²) >= 11 is 1.67. The molecule has 1 fully saturated rings. The molecule has 0 bridgehead atoms. The Labute approximate surface area is 136 Å². The molecule has 5 heteroatoms. The lowest BCUT2D eigenvalue weighted by Crippen LogP contribution is -2.32. The molecule has 2 N–H and O–H groups in total. The third-order valence-corrected chi connectivity index (χ3v) is 5.12. The van der Waals surface area contributed by atoms with Crippen LogP contribution in [0, 0.1) is 6.92 Å². The molecule has 21 heavy (non-hydrogen) atoms. The van der Waals surface area contributed by atoms with Crippen molar-refractivity contribution in [2.24, 2.45) is 5.73 Å². The van der Waals surface area contributed by atoms with E-state index in [2.05, 4.69) is 24.4 Å². The number of aryl methyl sites for hydroxylation is 1. The van der Waals surface area contributed by atoms with Gasteiger partial charge in [-0.05, 0) is 31.9 Å². The van der Waals surface area contributed by atoms with Crippen molar-refractivity contribution in [1.29, 1.82) is 0 Å². The average molecular weight is 325 g/mol. The number of nitrogens with two attached hydrogens (primary N) is 1. The second-order valence-electron chi connectivity index (χ2n) is 5.60. The molecule has 0 amide bonds. The van der Waals surface area contributed by atoms with Gasteiger partial charge in [-0.25, -0.2) is 4.98 Å². The van der Waals surface area contributed by atoms with Gasteiger partial charge in [0.05, 0.1) is 18.3 Å². The summed E-state index contributed by atoms with van der Waals surface area (Å²) < 4.78 is 5.45. The molecule has 114 valence electrons. The largest absolute Gasteiger partial charge is 0.496 e. The first-order valence-corrected chi connectivity index (χ1v) is 7.90. The third-order valence-electron chi connectivity index (χ3n) is 4.06. The maximum absolute atomic E-state index is 6.49. The number of rotatable bonds is 3. The predicted molar refractivity (Wildman–Crippen MR) is 90.4 cm³/mol. The fourth-order valence-corrected chi connectivity index (χ4v) is 3.86. The monoisotopic (exact) mass is 324 g/mol. The van der Waals surface area contributed by atoms with Crippen LogP contribution >= 0.6 is 23.7 Å². The van der Waals surface area contributed by atoms with Crippen LogP contribution < -0.4 is 10.5 Å². The van der Waals surface area contributed by atoms with Crippen LogP contribution in [0.2, 0.25) is 0 Å². The molecule has 3 nitrogen and oxygen atoms in total. The van der Waals surface area contributed by atoms with Crippen LogP contribution in [-0.2, 0) is 5.54 Å². The first kappa shape index (κ1) is 16.3. The summed E-state index contributed by atoms with van der Waals surface area (Å²) in [5.41, 5.74) is 9.51. The molecule has 0 aliphatic heterocycles. The van der Waals surface area contributed by atoms with Crippen molar-refractivity contribution in [2.75, 3.05) is 7.11 Å². The molecule has 0 spiro atoms. The summed E-state index contributed by atoms with van der Waals surface area (Å²) in [7, 11) is 1.70. The van der Waals surface area contributed by atoms with Gasteiger partial charge in [0.25, 0.3) is 0 Å². The summed E-state index contributed by atoms with van der Waals surface area (Å²) in [5, 5.41) is 3.16. The summed E-state index contributed by atoms with van der Waals surface area (Å²) in [5.74, 6) is 0.866. The fraction of sp³-hybridized carbons (Fsp3) is 0.438. The topological polar surface area (TPSA) is 48.1 Å². The van der Waals surface area contributed by atoms with Crippen molar-refractivity contribution in [1.82, 2.24) is 4.98 Å². The van der Waals surface area contributed by atoms with E-state index >= 15 is 0 Å². The Morgan fingerprint density at radius 2 is 2.00 bits per heavy atom. The zero-order valence-electron chi connectivity index (χ0n) is 12.4. The number of nitrogens with zero attached hydrogens (tertiary/aromatic N) is 1. The fourth-order valence-electron chi connectivity index (χ4n) is 2.87. The lowest BCUT2D eigenvalue weighted by atomic mass is 10.0. The molecule has 2 aromatic rings. The zero-order chi connectivity index (χ0) is 14.2. The van der Waals surface area contributed by atoms with E-state index in [0.717, 1.165) is 34.9 Å². The van der Waals surface area contributed by atoms with Gasteiger partial charge in [0.15, 0.2) is 0 Å². The molecule has 1 heterocycles. The van der Waals surface area contributed by atoms with Crippen molar-refractivity contribution in [3.05, 3.63) is 34.2 Å². The maximum Gasteiger partial charge on any atom is 0.128 e. The lowest BCUT2D eigenvalue weighted by molar-refractivity contribution is 0.416. The van der Waals surface area contributed by atoms with Gasteiger partial charge in [0.2, 0.25) is 0 Å². The highest BCUT2D eigenvalue weighted by atomic mass is 35.5. The van der Waals surface area contributed by atoms with Gasteiger partial charge < -0.3 is 10.5 Å². The molecule has 1 saturated carbocycles. The molecule has 0 saturated heterocycles. The number of thiazole rings is 1. The van der Waals surface area contributed by atoms with Crippen molar-refractivity contribution in [2.45, 2.75) is 38.1 Å². The number of ether oxygens (including phenoxy) is 1. The van der Waals surface area contributed by atoms with E-state index in [0.29, 0.717) is 0 Å². The van der Waals surface area contributed by atoms with Crippen molar-refractivity contribution < 1.29 is 4.74 Å². The quantitative estimate of drug-likeness (QED) is 0.916. The Morgan fingerprint density at radius 1 is 1.29 bits per heavy atom. The molecule has 3 rings (SSSR count). The number of hydrogen-bond donors (Lipinski definition) is 1. The first-order chi connectivity index (χ1) is 9.62. The first-order valence-electron chi connectivity index (χ1n) is 7.02. The average Bonchev–Trinajstić information content (AvgIpc) is 3.08. The molecule has 0 unspecified atom stereocenters. The number of aromatic nitrogens is 1. The van der Waals surface area contributed by atoms with Crippen LogP contribution in [0.15, 0.2) is 23.6 Å². The Balaban J connectivity index is 0.00000161. The minimum Gasteiger partial charge on any atom is -0.496 e. The molecular weight excluding hydrogens is 304 g/mol. The summed E-state index contributed by atoms with van der Waals surface area (Å²) in [6, 6.07) is 6.17. The molecule has 0 radical (unpaired) electrons. The van der Waals surface area contributed by atoms with Gasteiger partial charge in [-0.2, -0.15) is 0 Å². The van der Waals surface area contributed by atoms with Crippen LogP contribution in [0.3, 0.4) is 0 Å². The van der Waals surface area contributed by atoms with Gasteiger partial charge in [-0.3, -0.25) is 0 Å². The zero-order valence-corrected chi connectivity index (χ0v) is 14.0. The Kier molecular flexibility index (Phi) is 4.91. The lowest BCUT2D eigenvalue weighted by Gasteiger charge is -2.19. The van der Waals surface area contributed by atoms with Crippen LogP contribution in [0.4, 0.5) is 0 Å². The summed E-state index contributed by atoms with van der Waals surface area (Å²) in [6.45, 7) is 2.08. The molecule has 1 aromatic carbocycles. The smallest absolute Gasteiger partial charge is 0.128 e. The molecule has 0 atom stereocenters. The normalized spacial score (nSPS) is 16.5. The predicted octanol–water partition coefficient (Wildman–Crippen LogP) is 4.28. The van der Waals surface area contributed by atoms with Crippen LogP contribution in [0.25, 0.3) is 11.3 Å². The standard InChI is InChI=1S/C16H20N2OS.ClH/c1-11-5-6-14(19-2)12(9-11)13-10-20-15(18-13)16(17)7-3-4-8-16;/h5-6,9-10H,3-4,7-8,17H2,1-2H3;1H. The third kappa shape index (κ3) is 3.07. The summed E-state index contributed by atoms with van der Waals surface area (Å²) in [4.78, 5) is 4.80. The molecule has 1 aliphatic rings. The number of hydrogen-bond acceptors (Lipinski definition) is 4. The highest BCUT2D eigenvalue weighted by Crippen LogP contribution is 2.40. The van der Waals surface area contributed by atoms with Gasteiger partial charge in [0.1, 0.15) is 10.8 Å². The highest BCUT2D eigenvalue weighted by Gasteiger charge is 2.34. The molecular formula is C16H21ClN2OS. The Hall–Kier alpha value is -1.10. The van der Waals surface area contributed by atoms with E-state index in [1.165, 1.54) is 18.4 Å². The van der Waals surface area contributed by atoms with Crippen LogP contribution in [-0.4, -0.2) is 12.1 Å². The Morgan fingerprint density at radius 3 is 2.67 bits per heavy atom. The highest BCUT2D eigenvalue weighted by molar-refractivity contribution is 7.10. The SMILES string of the molecule is COc1ccc(C)cc1-c1csc(C2(N)CCCC2)n1.Cl. The van der Waals surface area contributed by atoms with E-state index < -0.39 is 0 Å². The van der Waals surface area contributed by atoms with Crippen molar-refractivity contribution in [3.63, 3.8) is 0 Å². The summed E-state index contributed by atoms with van der Waals surface area (Å²) in [6.07, 6.45) is 4.51. The minimum absolute atomic E-state index is 0.